The molecule has 0 spiro atoms. The minimum atomic E-state index is -0.839. The van der Waals surface area contributed by atoms with Crippen LogP contribution in [-0.2, 0) is 14.3 Å². The molecule has 19 heavy (non-hydrogen) atoms. The number of carbonyl (C=O) groups excluding carboxylic acids is 1. The molecule has 0 heterocycles. The largest absolute Gasteiger partial charge is 0.481 e. The fraction of sp³-hybridized carbons (Fsp3) is 0.857. The van der Waals surface area contributed by atoms with Gasteiger partial charge in [0.25, 0.3) is 0 Å². The van der Waals surface area contributed by atoms with Gasteiger partial charge in [0.05, 0.1) is 18.1 Å². The lowest BCUT2D eigenvalue weighted by molar-refractivity contribution is -0.151. The van der Waals surface area contributed by atoms with E-state index in [9.17, 15) is 14.7 Å². The van der Waals surface area contributed by atoms with Crippen LogP contribution < -0.4 is 5.32 Å². The van der Waals surface area contributed by atoms with Crippen LogP contribution in [0.3, 0.4) is 0 Å². The minimum Gasteiger partial charge on any atom is -0.481 e. The van der Waals surface area contributed by atoms with Crippen LogP contribution in [0.1, 0.15) is 51.9 Å². The molecule has 0 bridgehead atoms. The van der Waals surface area contributed by atoms with Gasteiger partial charge in [-0.3, -0.25) is 9.59 Å². The second kappa shape index (κ2) is 7.48. The van der Waals surface area contributed by atoms with Crippen molar-refractivity contribution in [3.63, 3.8) is 0 Å². The Bertz CT molecular complexity index is 305. The number of hydrogen-bond donors (Lipinski definition) is 2. The SMILES string of the molecule is CCCC(COC)NC(=O)CC1(C(=O)O)CCCC1. The van der Waals surface area contributed by atoms with Crippen LogP contribution in [0.4, 0.5) is 0 Å². The van der Waals surface area contributed by atoms with Crippen molar-refractivity contribution < 1.29 is 19.4 Å². The highest BCUT2D eigenvalue weighted by molar-refractivity contribution is 5.85. The van der Waals surface area contributed by atoms with E-state index in [1.54, 1.807) is 7.11 Å². The van der Waals surface area contributed by atoms with Gasteiger partial charge in [0.15, 0.2) is 0 Å². The van der Waals surface area contributed by atoms with Crippen LogP contribution in [0.2, 0.25) is 0 Å². The molecule has 1 fully saturated rings. The molecular formula is C14H25NO4. The summed E-state index contributed by atoms with van der Waals surface area (Å²) in [5.74, 6) is -1.00. The number of hydrogen-bond acceptors (Lipinski definition) is 3. The van der Waals surface area contributed by atoms with E-state index in [4.69, 9.17) is 4.74 Å². The molecule has 1 amide bonds. The normalized spacial score (nSPS) is 19.1. The van der Waals surface area contributed by atoms with E-state index in [2.05, 4.69) is 5.32 Å². The first-order valence-corrected chi connectivity index (χ1v) is 7.06. The second-order valence-corrected chi connectivity index (χ2v) is 5.48. The Morgan fingerprint density at radius 2 is 2.00 bits per heavy atom. The Hall–Kier alpha value is -1.10. The molecule has 1 aliphatic rings. The summed E-state index contributed by atoms with van der Waals surface area (Å²) >= 11 is 0. The van der Waals surface area contributed by atoms with E-state index in [0.717, 1.165) is 25.7 Å². The third-order valence-corrected chi connectivity index (χ3v) is 3.88. The van der Waals surface area contributed by atoms with Crippen molar-refractivity contribution in [3.05, 3.63) is 0 Å². The van der Waals surface area contributed by atoms with Gasteiger partial charge >= 0.3 is 5.97 Å². The number of carboxylic acids is 1. The van der Waals surface area contributed by atoms with Crippen LogP contribution in [0.15, 0.2) is 0 Å². The van der Waals surface area contributed by atoms with Crippen LogP contribution in [-0.4, -0.2) is 36.7 Å². The van der Waals surface area contributed by atoms with E-state index in [-0.39, 0.29) is 18.4 Å². The molecule has 1 rings (SSSR count). The maximum absolute atomic E-state index is 12.0. The molecule has 5 heteroatoms. The Morgan fingerprint density at radius 1 is 1.37 bits per heavy atom. The van der Waals surface area contributed by atoms with Crippen molar-refractivity contribution in [3.8, 4) is 0 Å². The average molecular weight is 271 g/mol. The molecule has 0 radical (unpaired) electrons. The quantitative estimate of drug-likeness (QED) is 0.707. The number of ether oxygens (including phenoxy) is 1. The van der Waals surface area contributed by atoms with Crippen molar-refractivity contribution >= 4 is 11.9 Å². The van der Waals surface area contributed by atoms with Gasteiger partial charge < -0.3 is 15.2 Å². The molecule has 5 nitrogen and oxygen atoms in total. The van der Waals surface area contributed by atoms with Crippen molar-refractivity contribution in [1.29, 1.82) is 0 Å². The Morgan fingerprint density at radius 3 is 2.47 bits per heavy atom. The number of methoxy groups -OCH3 is 1. The van der Waals surface area contributed by atoms with Crippen LogP contribution in [0, 0.1) is 5.41 Å². The number of rotatable bonds is 8. The monoisotopic (exact) mass is 271 g/mol. The Kier molecular flexibility index (Phi) is 6.28. The molecule has 1 aliphatic carbocycles. The van der Waals surface area contributed by atoms with Gasteiger partial charge in [-0.05, 0) is 19.3 Å². The van der Waals surface area contributed by atoms with Crippen molar-refractivity contribution in [2.75, 3.05) is 13.7 Å². The third-order valence-electron chi connectivity index (χ3n) is 3.88. The molecule has 0 aromatic rings. The van der Waals surface area contributed by atoms with Gasteiger partial charge in [-0.15, -0.1) is 0 Å². The van der Waals surface area contributed by atoms with Crippen LogP contribution in [0.25, 0.3) is 0 Å². The summed E-state index contributed by atoms with van der Waals surface area (Å²) in [6, 6.07) is -0.0188. The molecule has 1 atom stereocenters. The smallest absolute Gasteiger partial charge is 0.310 e. The lowest BCUT2D eigenvalue weighted by Gasteiger charge is -2.25. The van der Waals surface area contributed by atoms with E-state index in [1.165, 1.54) is 0 Å². The fourth-order valence-electron chi connectivity index (χ4n) is 2.85. The standard InChI is InChI=1S/C14H25NO4/c1-3-6-11(10-19-2)15-12(16)9-14(13(17)18)7-4-5-8-14/h11H,3-10H2,1-2H3,(H,15,16)(H,17,18). The summed E-state index contributed by atoms with van der Waals surface area (Å²) < 4.78 is 5.07. The lowest BCUT2D eigenvalue weighted by Crippen LogP contribution is -2.42. The van der Waals surface area contributed by atoms with Crippen LogP contribution in [0.5, 0.6) is 0 Å². The lowest BCUT2D eigenvalue weighted by atomic mass is 9.82. The third kappa shape index (κ3) is 4.49. The average Bonchev–Trinajstić information content (AvgIpc) is 2.79. The first-order chi connectivity index (χ1) is 9.04. The molecule has 0 aromatic heterocycles. The molecule has 1 unspecified atom stereocenters. The molecule has 110 valence electrons. The van der Waals surface area contributed by atoms with Gasteiger partial charge in [-0.1, -0.05) is 26.2 Å². The summed E-state index contributed by atoms with van der Waals surface area (Å²) in [5.41, 5.74) is -0.839. The van der Waals surface area contributed by atoms with Crippen LogP contribution >= 0.6 is 0 Å². The predicted octanol–water partition coefficient (Wildman–Crippen LogP) is 1.95. The van der Waals surface area contributed by atoms with E-state index < -0.39 is 11.4 Å². The molecular weight excluding hydrogens is 246 g/mol. The zero-order chi connectivity index (χ0) is 14.3. The zero-order valence-electron chi connectivity index (χ0n) is 11.9. The van der Waals surface area contributed by atoms with E-state index >= 15 is 0 Å². The number of carbonyl (C=O) groups is 2. The summed E-state index contributed by atoms with van der Waals surface area (Å²) in [6.07, 6.45) is 4.91. The van der Waals surface area contributed by atoms with Crippen molar-refractivity contribution in [2.24, 2.45) is 5.41 Å². The maximum Gasteiger partial charge on any atom is 0.310 e. The number of amides is 1. The van der Waals surface area contributed by atoms with Gasteiger partial charge in [0, 0.05) is 13.5 Å². The summed E-state index contributed by atoms with van der Waals surface area (Å²) in [5, 5.41) is 12.2. The van der Waals surface area contributed by atoms with Gasteiger partial charge in [0.2, 0.25) is 5.91 Å². The molecule has 1 saturated carbocycles. The van der Waals surface area contributed by atoms with Gasteiger partial charge in [0.1, 0.15) is 0 Å². The summed E-state index contributed by atoms with van der Waals surface area (Å²) in [4.78, 5) is 23.4. The van der Waals surface area contributed by atoms with Crippen molar-refractivity contribution in [1.82, 2.24) is 5.32 Å². The first kappa shape index (κ1) is 16.0. The van der Waals surface area contributed by atoms with E-state index in [1.807, 2.05) is 6.92 Å². The zero-order valence-corrected chi connectivity index (χ0v) is 11.9. The van der Waals surface area contributed by atoms with Crippen molar-refractivity contribution in [2.45, 2.75) is 57.9 Å². The number of carboxylic acid groups (broad SMARTS) is 1. The number of nitrogens with one attached hydrogen (secondary N) is 1. The number of aliphatic carboxylic acids is 1. The van der Waals surface area contributed by atoms with Gasteiger partial charge in [-0.2, -0.15) is 0 Å². The molecule has 0 saturated heterocycles. The highest BCUT2D eigenvalue weighted by Gasteiger charge is 2.43. The Balaban J connectivity index is 2.54. The van der Waals surface area contributed by atoms with E-state index in [0.29, 0.717) is 19.4 Å². The predicted molar refractivity (Wildman–Crippen MR) is 71.9 cm³/mol. The molecule has 2 N–H and O–H groups in total. The Labute approximate surface area is 114 Å². The fourth-order valence-corrected chi connectivity index (χ4v) is 2.85. The summed E-state index contributed by atoms with van der Waals surface area (Å²) in [7, 11) is 1.60. The minimum absolute atomic E-state index is 0.0188. The molecule has 0 aliphatic heterocycles. The topological polar surface area (TPSA) is 75.6 Å². The second-order valence-electron chi connectivity index (χ2n) is 5.48. The molecule has 0 aromatic carbocycles. The highest BCUT2D eigenvalue weighted by Crippen LogP contribution is 2.41. The first-order valence-electron chi connectivity index (χ1n) is 7.06. The van der Waals surface area contributed by atoms with Gasteiger partial charge in [-0.25, -0.2) is 0 Å². The highest BCUT2D eigenvalue weighted by atomic mass is 16.5. The summed E-state index contributed by atoms with van der Waals surface area (Å²) in [6.45, 7) is 2.52. The maximum atomic E-state index is 12.0.